The highest BCUT2D eigenvalue weighted by Crippen LogP contribution is 2.40. The second-order valence-corrected chi connectivity index (χ2v) is 8.15. The van der Waals surface area contributed by atoms with Crippen molar-refractivity contribution in [3.05, 3.63) is 52.5 Å². The SMILES string of the molecule is CCOc1cc(C)c(Cl)cc1S(=O)(=O)N1c2ccccc2CC1C. The van der Waals surface area contributed by atoms with E-state index in [4.69, 9.17) is 16.3 Å². The van der Waals surface area contributed by atoms with Crippen molar-refractivity contribution in [2.24, 2.45) is 0 Å². The van der Waals surface area contributed by atoms with E-state index in [1.54, 1.807) is 6.07 Å². The van der Waals surface area contributed by atoms with E-state index >= 15 is 0 Å². The van der Waals surface area contributed by atoms with Crippen LogP contribution in [-0.2, 0) is 16.4 Å². The molecule has 0 aliphatic carbocycles. The minimum atomic E-state index is -3.77. The van der Waals surface area contributed by atoms with Crippen molar-refractivity contribution in [3.8, 4) is 5.75 Å². The molecule has 4 nitrogen and oxygen atoms in total. The zero-order valence-corrected chi connectivity index (χ0v) is 15.5. The maximum atomic E-state index is 13.4. The molecule has 0 saturated heterocycles. The Morgan fingerprint density at radius 3 is 2.71 bits per heavy atom. The van der Waals surface area contributed by atoms with E-state index < -0.39 is 10.0 Å². The highest BCUT2D eigenvalue weighted by Gasteiger charge is 2.37. The Kier molecular flexibility index (Phi) is 4.49. The van der Waals surface area contributed by atoms with E-state index in [9.17, 15) is 8.42 Å². The van der Waals surface area contributed by atoms with Gasteiger partial charge in [0.1, 0.15) is 10.6 Å². The van der Waals surface area contributed by atoms with E-state index in [0.29, 0.717) is 23.8 Å². The topological polar surface area (TPSA) is 46.6 Å². The number of para-hydroxylation sites is 1. The van der Waals surface area contributed by atoms with Crippen LogP contribution in [0.4, 0.5) is 5.69 Å². The quantitative estimate of drug-likeness (QED) is 0.816. The van der Waals surface area contributed by atoms with E-state index in [-0.39, 0.29) is 10.9 Å². The molecule has 1 unspecified atom stereocenters. The lowest BCUT2D eigenvalue weighted by molar-refractivity contribution is 0.331. The van der Waals surface area contributed by atoms with Crippen LogP contribution in [0.3, 0.4) is 0 Å². The summed E-state index contributed by atoms with van der Waals surface area (Å²) in [5, 5.41) is 0.414. The fourth-order valence-corrected chi connectivity index (χ4v) is 5.18. The molecule has 0 N–H and O–H groups in total. The first kappa shape index (κ1) is 17.1. The molecule has 0 aromatic heterocycles. The molecule has 0 amide bonds. The van der Waals surface area contributed by atoms with Gasteiger partial charge in [-0.15, -0.1) is 0 Å². The molecule has 0 bridgehead atoms. The maximum absolute atomic E-state index is 13.4. The average Bonchev–Trinajstić information content (AvgIpc) is 2.87. The first-order valence-electron chi connectivity index (χ1n) is 7.91. The Morgan fingerprint density at radius 1 is 1.29 bits per heavy atom. The molecule has 6 heteroatoms. The van der Waals surface area contributed by atoms with E-state index in [0.717, 1.165) is 16.8 Å². The summed E-state index contributed by atoms with van der Waals surface area (Å²) in [5.41, 5.74) is 2.54. The standard InChI is InChI=1S/C18H20ClNO3S/c1-4-23-17-9-12(2)15(19)11-18(17)24(21,22)20-13(3)10-14-7-5-6-8-16(14)20/h5-9,11,13H,4,10H2,1-3H3. The summed E-state index contributed by atoms with van der Waals surface area (Å²) in [6.45, 7) is 5.95. The van der Waals surface area contributed by atoms with Crippen molar-refractivity contribution in [3.63, 3.8) is 0 Å². The summed E-state index contributed by atoms with van der Waals surface area (Å²) in [7, 11) is -3.77. The molecule has 1 heterocycles. The van der Waals surface area contributed by atoms with Crippen molar-refractivity contribution in [2.75, 3.05) is 10.9 Å². The van der Waals surface area contributed by atoms with Crippen LogP contribution in [0.5, 0.6) is 5.75 Å². The largest absolute Gasteiger partial charge is 0.492 e. The molecule has 3 rings (SSSR count). The third-order valence-electron chi connectivity index (χ3n) is 4.21. The average molecular weight is 366 g/mol. The van der Waals surface area contributed by atoms with E-state index in [1.165, 1.54) is 10.4 Å². The number of benzene rings is 2. The highest BCUT2D eigenvalue weighted by atomic mass is 35.5. The Hall–Kier alpha value is -1.72. The van der Waals surface area contributed by atoms with Crippen molar-refractivity contribution >= 4 is 27.3 Å². The lowest BCUT2D eigenvalue weighted by Gasteiger charge is -2.26. The molecule has 2 aromatic carbocycles. The van der Waals surface area contributed by atoms with Gasteiger partial charge in [0, 0.05) is 11.1 Å². The van der Waals surface area contributed by atoms with Crippen LogP contribution in [0.2, 0.25) is 5.02 Å². The second-order valence-electron chi connectivity index (χ2n) is 5.96. The number of rotatable bonds is 4. The number of anilines is 1. The first-order chi connectivity index (χ1) is 11.4. The summed E-state index contributed by atoms with van der Waals surface area (Å²) in [6.07, 6.45) is 0.693. The Bertz CT molecular complexity index is 880. The molecule has 2 aromatic rings. The van der Waals surface area contributed by atoms with Crippen LogP contribution in [0.15, 0.2) is 41.3 Å². The number of halogens is 1. The summed E-state index contributed by atoms with van der Waals surface area (Å²) in [4.78, 5) is 0.114. The van der Waals surface area contributed by atoms with Crippen molar-refractivity contribution < 1.29 is 13.2 Å². The van der Waals surface area contributed by atoms with Crippen LogP contribution >= 0.6 is 11.6 Å². The molecule has 1 aliphatic heterocycles. The summed E-state index contributed by atoms with van der Waals surface area (Å²) < 4.78 is 33.8. The van der Waals surface area contributed by atoms with Crippen LogP contribution in [0, 0.1) is 6.92 Å². The lowest BCUT2D eigenvalue weighted by Crippen LogP contribution is -2.36. The van der Waals surface area contributed by atoms with Crippen LogP contribution in [0.1, 0.15) is 25.0 Å². The Morgan fingerprint density at radius 2 is 2.00 bits per heavy atom. The normalized spacial score (nSPS) is 17.0. The predicted molar refractivity (Wildman–Crippen MR) is 96.6 cm³/mol. The highest BCUT2D eigenvalue weighted by molar-refractivity contribution is 7.93. The van der Waals surface area contributed by atoms with Crippen molar-refractivity contribution in [1.29, 1.82) is 0 Å². The Balaban J connectivity index is 2.17. The predicted octanol–water partition coefficient (Wildman–Crippen LogP) is 4.19. The minimum Gasteiger partial charge on any atom is -0.492 e. The third-order valence-corrected chi connectivity index (χ3v) is 6.56. The Labute approximate surface area is 148 Å². The van der Waals surface area contributed by atoms with Gasteiger partial charge in [-0.05, 0) is 56.5 Å². The van der Waals surface area contributed by atoms with Crippen LogP contribution in [0.25, 0.3) is 0 Å². The maximum Gasteiger partial charge on any atom is 0.268 e. The fraction of sp³-hybridized carbons (Fsp3) is 0.333. The number of fused-ring (bicyclic) bond motifs is 1. The summed E-state index contributed by atoms with van der Waals surface area (Å²) in [5.74, 6) is 0.344. The molecular weight excluding hydrogens is 346 g/mol. The number of aryl methyl sites for hydroxylation is 1. The van der Waals surface area contributed by atoms with Gasteiger partial charge in [-0.1, -0.05) is 29.8 Å². The smallest absolute Gasteiger partial charge is 0.268 e. The van der Waals surface area contributed by atoms with Gasteiger partial charge < -0.3 is 4.74 Å². The number of sulfonamides is 1. The van der Waals surface area contributed by atoms with E-state index in [2.05, 4.69) is 0 Å². The zero-order chi connectivity index (χ0) is 17.5. The van der Waals surface area contributed by atoms with Crippen molar-refractivity contribution in [2.45, 2.75) is 38.1 Å². The molecule has 128 valence electrons. The first-order valence-corrected chi connectivity index (χ1v) is 9.73. The number of nitrogens with zero attached hydrogens (tertiary/aromatic N) is 1. The van der Waals surface area contributed by atoms with Crippen molar-refractivity contribution in [1.82, 2.24) is 0 Å². The van der Waals surface area contributed by atoms with Gasteiger partial charge in [0.25, 0.3) is 10.0 Å². The molecule has 1 aliphatic rings. The fourth-order valence-electron chi connectivity index (χ4n) is 3.12. The molecule has 0 saturated carbocycles. The van der Waals surface area contributed by atoms with Crippen LogP contribution < -0.4 is 9.04 Å². The van der Waals surface area contributed by atoms with Gasteiger partial charge >= 0.3 is 0 Å². The van der Waals surface area contributed by atoms with Gasteiger partial charge in [-0.2, -0.15) is 0 Å². The number of hydrogen-bond acceptors (Lipinski definition) is 3. The summed E-state index contributed by atoms with van der Waals surface area (Å²) >= 11 is 6.20. The molecular formula is C18H20ClNO3S. The molecule has 1 atom stereocenters. The number of ether oxygens (including phenoxy) is 1. The molecule has 0 fully saturated rings. The van der Waals surface area contributed by atoms with Gasteiger partial charge in [0.15, 0.2) is 0 Å². The monoisotopic (exact) mass is 365 g/mol. The molecule has 0 spiro atoms. The van der Waals surface area contributed by atoms with Gasteiger partial charge in [-0.25, -0.2) is 8.42 Å². The minimum absolute atomic E-state index is 0.114. The second kappa shape index (κ2) is 6.30. The molecule has 24 heavy (non-hydrogen) atoms. The van der Waals surface area contributed by atoms with E-state index in [1.807, 2.05) is 45.0 Å². The van der Waals surface area contributed by atoms with Gasteiger partial charge in [-0.3, -0.25) is 4.31 Å². The van der Waals surface area contributed by atoms with Gasteiger partial charge in [0.05, 0.1) is 12.3 Å². The van der Waals surface area contributed by atoms with Crippen LogP contribution in [-0.4, -0.2) is 21.1 Å². The zero-order valence-electron chi connectivity index (χ0n) is 13.9. The molecule has 0 radical (unpaired) electrons. The number of hydrogen-bond donors (Lipinski definition) is 0. The lowest BCUT2D eigenvalue weighted by atomic mass is 10.1. The summed E-state index contributed by atoms with van der Waals surface area (Å²) in [6, 6.07) is 10.6. The third kappa shape index (κ3) is 2.76. The van der Waals surface area contributed by atoms with Gasteiger partial charge in [0.2, 0.25) is 0 Å².